The van der Waals surface area contributed by atoms with Crippen LogP contribution in [0, 0.1) is 5.92 Å². The van der Waals surface area contributed by atoms with Gasteiger partial charge in [0.1, 0.15) is 0 Å². The van der Waals surface area contributed by atoms with Crippen LogP contribution in [0.3, 0.4) is 0 Å². The summed E-state index contributed by atoms with van der Waals surface area (Å²) in [6, 6.07) is 0.711. The van der Waals surface area contributed by atoms with Gasteiger partial charge in [0.05, 0.1) is 0 Å². The van der Waals surface area contributed by atoms with E-state index in [4.69, 9.17) is 5.11 Å². The zero-order chi connectivity index (χ0) is 11.8. The molecule has 1 fully saturated rings. The van der Waals surface area contributed by atoms with Crippen molar-refractivity contribution in [1.82, 2.24) is 5.32 Å². The quantitative estimate of drug-likeness (QED) is 0.657. The van der Waals surface area contributed by atoms with Crippen LogP contribution in [-0.4, -0.2) is 23.7 Å². The van der Waals surface area contributed by atoms with E-state index in [-0.39, 0.29) is 0 Å². The Labute approximate surface area is 98.6 Å². The summed E-state index contributed by atoms with van der Waals surface area (Å²) >= 11 is 0. The second-order valence-corrected chi connectivity index (χ2v) is 5.13. The second-order valence-electron chi connectivity index (χ2n) is 5.13. The number of unbranched alkanes of at least 4 members (excludes halogenated alkanes) is 2. The monoisotopic (exact) mass is 227 g/mol. The molecule has 2 N–H and O–H groups in total. The fourth-order valence-corrected chi connectivity index (χ4v) is 2.50. The van der Waals surface area contributed by atoms with Gasteiger partial charge in [-0.3, -0.25) is 4.79 Å². The summed E-state index contributed by atoms with van der Waals surface area (Å²) in [5.41, 5.74) is 0. The fourth-order valence-electron chi connectivity index (χ4n) is 2.50. The lowest BCUT2D eigenvalue weighted by molar-refractivity contribution is -0.137. The SMILES string of the molecule is CC1CCCC(NCCCCCC(=O)O)C1. The van der Waals surface area contributed by atoms with Gasteiger partial charge >= 0.3 is 5.97 Å². The number of aliphatic carboxylic acids is 1. The van der Waals surface area contributed by atoms with Gasteiger partial charge in [0.15, 0.2) is 0 Å². The molecule has 0 aromatic heterocycles. The van der Waals surface area contributed by atoms with Crippen LogP contribution < -0.4 is 5.32 Å². The van der Waals surface area contributed by atoms with E-state index in [9.17, 15) is 4.79 Å². The highest BCUT2D eigenvalue weighted by Crippen LogP contribution is 2.23. The number of carbonyl (C=O) groups is 1. The van der Waals surface area contributed by atoms with E-state index in [1.165, 1.54) is 25.7 Å². The fraction of sp³-hybridized carbons (Fsp3) is 0.923. The molecule has 2 unspecified atom stereocenters. The first kappa shape index (κ1) is 13.5. The van der Waals surface area contributed by atoms with Crippen molar-refractivity contribution in [2.75, 3.05) is 6.54 Å². The van der Waals surface area contributed by atoms with Gasteiger partial charge < -0.3 is 10.4 Å². The predicted octanol–water partition coefficient (Wildman–Crippen LogP) is 2.80. The first-order chi connectivity index (χ1) is 7.68. The number of nitrogens with one attached hydrogen (secondary N) is 1. The van der Waals surface area contributed by atoms with E-state index in [0.717, 1.165) is 31.7 Å². The summed E-state index contributed by atoms with van der Waals surface area (Å²) < 4.78 is 0. The Morgan fingerprint density at radius 3 is 2.81 bits per heavy atom. The molecule has 0 heterocycles. The van der Waals surface area contributed by atoms with E-state index in [2.05, 4.69) is 12.2 Å². The standard InChI is InChI=1S/C13H25NO2/c1-11-6-5-7-12(10-11)14-9-4-2-3-8-13(15)16/h11-12,14H,2-10H2,1H3,(H,15,16). The topological polar surface area (TPSA) is 49.3 Å². The summed E-state index contributed by atoms with van der Waals surface area (Å²) in [6.45, 7) is 3.39. The molecule has 0 radical (unpaired) electrons. The van der Waals surface area contributed by atoms with Crippen molar-refractivity contribution in [2.45, 2.75) is 64.3 Å². The summed E-state index contributed by atoms with van der Waals surface area (Å²) in [7, 11) is 0. The molecule has 3 heteroatoms. The Hall–Kier alpha value is -0.570. The third-order valence-corrected chi connectivity index (χ3v) is 3.44. The average Bonchev–Trinajstić information content (AvgIpc) is 2.23. The Bertz CT molecular complexity index is 206. The van der Waals surface area contributed by atoms with E-state index in [0.29, 0.717) is 12.5 Å². The van der Waals surface area contributed by atoms with Gasteiger partial charge in [-0.2, -0.15) is 0 Å². The van der Waals surface area contributed by atoms with Gasteiger partial charge in [0, 0.05) is 12.5 Å². The molecule has 1 saturated carbocycles. The highest BCUT2D eigenvalue weighted by Gasteiger charge is 2.17. The van der Waals surface area contributed by atoms with E-state index in [1.54, 1.807) is 0 Å². The van der Waals surface area contributed by atoms with Crippen molar-refractivity contribution in [3.8, 4) is 0 Å². The lowest BCUT2D eigenvalue weighted by Gasteiger charge is -2.27. The van der Waals surface area contributed by atoms with Gasteiger partial charge in [-0.05, 0) is 38.1 Å². The second kappa shape index (κ2) is 7.66. The molecule has 1 rings (SSSR count). The molecule has 2 atom stereocenters. The third-order valence-electron chi connectivity index (χ3n) is 3.44. The van der Waals surface area contributed by atoms with Crippen LogP contribution in [0.5, 0.6) is 0 Å². The van der Waals surface area contributed by atoms with Crippen LogP contribution in [0.2, 0.25) is 0 Å². The zero-order valence-corrected chi connectivity index (χ0v) is 10.4. The highest BCUT2D eigenvalue weighted by atomic mass is 16.4. The van der Waals surface area contributed by atoms with Crippen molar-refractivity contribution in [2.24, 2.45) is 5.92 Å². The zero-order valence-electron chi connectivity index (χ0n) is 10.4. The third kappa shape index (κ3) is 6.11. The molecule has 94 valence electrons. The maximum atomic E-state index is 10.3. The Kier molecular flexibility index (Phi) is 6.46. The number of carboxylic acid groups (broad SMARTS) is 1. The van der Waals surface area contributed by atoms with Crippen LogP contribution in [-0.2, 0) is 4.79 Å². The summed E-state index contributed by atoms with van der Waals surface area (Å²) in [6.07, 6.45) is 8.65. The lowest BCUT2D eigenvalue weighted by atomic mass is 9.87. The first-order valence-corrected chi connectivity index (χ1v) is 6.63. The smallest absolute Gasteiger partial charge is 0.303 e. The molecule has 1 aliphatic rings. The normalized spacial score (nSPS) is 25.6. The molecule has 16 heavy (non-hydrogen) atoms. The Morgan fingerprint density at radius 1 is 1.31 bits per heavy atom. The van der Waals surface area contributed by atoms with Crippen molar-refractivity contribution >= 4 is 5.97 Å². The van der Waals surface area contributed by atoms with Crippen LogP contribution in [0.15, 0.2) is 0 Å². The molecule has 3 nitrogen and oxygen atoms in total. The minimum Gasteiger partial charge on any atom is -0.481 e. The lowest BCUT2D eigenvalue weighted by Crippen LogP contribution is -2.34. The van der Waals surface area contributed by atoms with Gasteiger partial charge in [-0.1, -0.05) is 26.2 Å². The van der Waals surface area contributed by atoms with Crippen LogP contribution in [0.4, 0.5) is 0 Å². The summed E-state index contributed by atoms with van der Waals surface area (Å²) in [5.74, 6) is 0.201. The Balaban J connectivity index is 1.92. The molecule has 0 aromatic rings. The maximum Gasteiger partial charge on any atom is 0.303 e. The van der Waals surface area contributed by atoms with E-state index >= 15 is 0 Å². The number of hydrogen-bond donors (Lipinski definition) is 2. The van der Waals surface area contributed by atoms with Gasteiger partial charge in [0.2, 0.25) is 0 Å². The summed E-state index contributed by atoms with van der Waals surface area (Å²) in [4.78, 5) is 10.3. The minimum absolute atomic E-state index is 0.320. The molecular weight excluding hydrogens is 202 g/mol. The van der Waals surface area contributed by atoms with E-state index < -0.39 is 5.97 Å². The van der Waals surface area contributed by atoms with E-state index in [1.807, 2.05) is 0 Å². The maximum absolute atomic E-state index is 10.3. The molecule has 0 spiro atoms. The first-order valence-electron chi connectivity index (χ1n) is 6.63. The number of carboxylic acids is 1. The van der Waals surface area contributed by atoms with Crippen LogP contribution >= 0.6 is 0 Å². The van der Waals surface area contributed by atoms with Crippen LogP contribution in [0.25, 0.3) is 0 Å². The highest BCUT2D eigenvalue weighted by molar-refractivity contribution is 5.66. The van der Waals surface area contributed by atoms with Crippen molar-refractivity contribution < 1.29 is 9.90 Å². The predicted molar refractivity (Wildman–Crippen MR) is 65.5 cm³/mol. The number of rotatable bonds is 7. The van der Waals surface area contributed by atoms with Crippen molar-refractivity contribution in [1.29, 1.82) is 0 Å². The Morgan fingerprint density at radius 2 is 2.12 bits per heavy atom. The molecule has 0 bridgehead atoms. The largest absolute Gasteiger partial charge is 0.481 e. The molecule has 0 amide bonds. The van der Waals surface area contributed by atoms with Gasteiger partial charge in [-0.25, -0.2) is 0 Å². The molecule has 1 aliphatic carbocycles. The minimum atomic E-state index is -0.672. The molecule has 0 aromatic carbocycles. The van der Waals surface area contributed by atoms with Gasteiger partial charge in [0.25, 0.3) is 0 Å². The molecule has 0 saturated heterocycles. The number of hydrogen-bond acceptors (Lipinski definition) is 2. The van der Waals surface area contributed by atoms with Crippen LogP contribution in [0.1, 0.15) is 58.3 Å². The summed E-state index contributed by atoms with van der Waals surface area (Å²) in [5, 5.41) is 12.1. The van der Waals surface area contributed by atoms with Crippen molar-refractivity contribution in [3.05, 3.63) is 0 Å². The van der Waals surface area contributed by atoms with Crippen molar-refractivity contribution in [3.63, 3.8) is 0 Å². The average molecular weight is 227 g/mol. The molecule has 0 aliphatic heterocycles. The van der Waals surface area contributed by atoms with Gasteiger partial charge in [-0.15, -0.1) is 0 Å². The molecular formula is C13H25NO2.